The molecule has 0 fully saturated rings. The topological polar surface area (TPSA) is 0 Å². The zero-order valence-corrected chi connectivity index (χ0v) is 10.7. The Morgan fingerprint density at radius 2 is 1.00 bits per heavy atom. The van der Waals surface area contributed by atoms with Crippen LogP contribution in [0.2, 0.25) is 0 Å². The van der Waals surface area contributed by atoms with Crippen LogP contribution in [0.4, 0.5) is 0 Å². The molecule has 0 aromatic rings. The van der Waals surface area contributed by atoms with Gasteiger partial charge in [0, 0.05) is 0 Å². The number of hydrogen-bond donors (Lipinski definition) is 0. The molecule has 0 radical (unpaired) electrons. The monoisotopic (exact) mass is 282 g/mol. The van der Waals surface area contributed by atoms with Crippen molar-refractivity contribution in [1.29, 1.82) is 0 Å². The molecule has 0 aromatic heterocycles. The number of halogens is 4. The van der Waals surface area contributed by atoms with E-state index in [1.165, 1.54) is 0 Å². The van der Waals surface area contributed by atoms with Crippen molar-refractivity contribution in [2.45, 2.75) is 0 Å². The molecule has 0 aliphatic heterocycles. The van der Waals surface area contributed by atoms with Crippen molar-refractivity contribution in [1.82, 2.24) is 0 Å². The molecule has 0 aliphatic carbocycles. The van der Waals surface area contributed by atoms with E-state index in [9.17, 15) is 0 Å². The predicted octanol–water partition coefficient (Wildman–Crippen LogP) is -4.30. The minimum absolute atomic E-state index is 0. The van der Waals surface area contributed by atoms with Crippen LogP contribution in [0.15, 0.2) is 0 Å². The molecule has 0 aliphatic rings. The van der Waals surface area contributed by atoms with Gasteiger partial charge in [0.2, 0.25) is 0 Å². The van der Waals surface area contributed by atoms with Crippen LogP contribution in [0.1, 0.15) is 0 Å². The van der Waals surface area contributed by atoms with Crippen LogP contribution in [-0.4, -0.2) is 11.4 Å². The van der Waals surface area contributed by atoms with Gasteiger partial charge in [-0.3, -0.25) is 0 Å². The van der Waals surface area contributed by atoms with Gasteiger partial charge in [-0.05, 0) is 0 Å². The van der Waals surface area contributed by atoms with Gasteiger partial charge in [0.05, 0.1) is 0 Å². The van der Waals surface area contributed by atoms with E-state index in [2.05, 4.69) is 0 Å². The van der Waals surface area contributed by atoms with Gasteiger partial charge in [0.15, 0.2) is 0 Å². The summed E-state index contributed by atoms with van der Waals surface area (Å²) in [5.41, 5.74) is 0. The molecule has 0 atom stereocenters. The first-order valence-corrected chi connectivity index (χ1v) is 5.89. The summed E-state index contributed by atoms with van der Waals surface area (Å²) in [4.78, 5) is 0. The fraction of sp³-hybridized carbons (Fsp3) is 0. The van der Waals surface area contributed by atoms with Crippen molar-refractivity contribution in [3.63, 3.8) is 0 Å². The molecule has 0 bridgehead atoms. The van der Waals surface area contributed by atoms with Gasteiger partial charge in [0.25, 0.3) is 0 Å². The van der Waals surface area contributed by atoms with E-state index in [4.69, 9.17) is 30.1 Å². The van der Waals surface area contributed by atoms with Gasteiger partial charge in [-0.25, -0.2) is 30.1 Å². The van der Waals surface area contributed by atoms with Crippen LogP contribution in [0.25, 0.3) is 0 Å². The molecule has 0 amide bonds. The minimum Gasteiger partial charge on any atom is -1.00 e. The summed E-state index contributed by atoms with van der Waals surface area (Å²) in [6, 6.07) is 0. The Bertz CT molecular complexity index is 15.5. The molecule has 6 heteroatoms. The van der Waals surface area contributed by atoms with E-state index in [1.807, 2.05) is 0 Å². The molecule has 0 nitrogen and oxygen atoms in total. The van der Waals surface area contributed by atoms with Crippen LogP contribution in [0.3, 0.4) is 0 Å². The van der Waals surface area contributed by atoms with Crippen LogP contribution < -0.4 is 53.5 Å². The van der Waals surface area contributed by atoms with E-state index in [0.29, 0.717) is 0 Å². The van der Waals surface area contributed by atoms with E-state index in [0.717, 1.165) is 0 Å². The van der Waals surface area contributed by atoms with Gasteiger partial charge in [0.1, 0.15) is 0 Å². The largest absolute Gasteiger partial charge is 1.00 e. The van der Waals surface area contributed by atoms with Crippen molar-refractivity contribution in [2.24, 2.45) is 0 Å². The van der Waals surface area contributed by atoms with Crippen LogP contribution >= 0.6 is 30.1 Å². The average molecular weight is 283 g/mol. The number of hydrogen-bond acceptors (Lipinski definition) is 0. The fourth-order valence-electron chi connectivity index (χ4n) is 0. The Balaban J connectivity index is -0.0000000450. The standard InChI is InChI=1S/Al.3ClH.HI.Na/h;4*1H;/q+3;;;;;+1/p-4. The Morgan fingerprint density at radius 1 is 1.00 bits per heavy atom. The number of rotatable bonds is 0. The van der Waals surface area contributed by atoms with Gasteiger partial charge in [-0.1, -0.05) is 0 Å². The van der Waals surface area contributed by atoms with E-state index in [1.54, 1.807) is 0 Å². The molecule has 0 unspecified atom stereocenters. The molecule has 32 valence electrons. The van der Waals surface area contributed by atoms with Crippen molar-refractivity contribution in [3.8, 4) is 0 Å². The van der Waals surface area contributed by atoms with Gasteiger partial charge >= 0.3 is 40.9 Å². The van der Waals surface area contributed by atoms with Gasteiger partial charge < -0.3 is 24.0 Å². The molecule has 0 saturated carbocycles. The second-order valence-corrected chi connectivity index (χ2v) is 6.68. The Hall–Kier alpha value is 3.13. The molecule has 0 aromatic carbocycles. The van der Waals surface area contributed by atoms with E-state index in [-0.39, 0.29) is 53.5 Å². The molecule has 0 N–H and O–H groups in total. The SMILES string of the molecule is [Cl][Al]([Cl])[Cl].[I-].[Na+]. The molecule has 0 spiro atoms. The maximum atomic E-state index is 4.94. The molecule has 0 rings (SSSR count). The predicted molar refractivity (Wildman–Crippen MR) is 23.3 cm³/mol. The maximum Gasteiger partial charge on any atom is 1.00 e. The average Bonchev–Trinajstić information content (AvgIpc) is 0.811. The van der Waals surface area contributed by atoms with Crippen molar-refractivity contribution < 1.29 is 53.5 Å². The summed E-state index contributed by atoms with van der Waals surface area (Å²) >= 11 is -1.72. The Morgan fingerprint density at radius 3 is 1.00 bits per heavy atom. The van der Waals surface area contributed by atoms with E-state index >= 15 is 0 Å². The quantitative estimate of drug-likeness (QED) is 0.312. The first kappa shape index (κ1) is 16.1. The smallest absolute Gasteiger partial charge is 1.00 e. The normalized spacial score (nSPS) is 4.50. The Labute approximate surface area is 93.2 Å². The molecular formula is AlCl3INa. The van der Waals surface area contributed by atoms with Crippen molar-refractivity contribution in [3.05, 3.63) is 0 Å². The minimum atomic E-state index is -1.72. The summed E-state index contributed by atoms with van der Waals surface area (Å²) in [6.45, 7) is 0. The Kier molecular flexibility index (Phi) is 29.4. The van der Waals surface area contributed by atoms with Crippen molar-refractivity contribution >= 4 is 41.5 Å². The van der Waals surface area contributed by atoms with Gasteiger partial charge in [-0.15, -0.1) is 0 Å². The first-order chi connectivity index (χ1) is 1.73. The summed E-state index contributed by atoms with van der Waals surface area (Å²) in [7, 11) is 14.8. The second kappa shape index (κ2) is 11.0. The summed E-state index contributed by atoms with van der Waals surface area (Å²) in [5, 5.41) is 0. The third kappa shape index (κ3) is 27.3. The van der Waals surface area contributed by atoms with Crippen LogP contribution in [0.5, 0.6) is 0 Å². The van der Waals surface area contributed by atoms with Crippen LogP contribution in [-0.2, 0) is 0 Å². The molecule has 6 heavy (non-hydrogen) atoms. The zero-order chi connectivity index (χ0) is 3.58. The third-order valence-electron chi connectivity index (χ3n) is 0. The summed E-state index contributed by atoms with van der Waals surface area (Å²) in [5.74, 6) is 0. The third-order valence-corrected chi connectivity index (χ3v) is 0. The molecular weight excluding hydrogens is 283 g/mol. The maximum absolute atomic E-state index is 4.94. The molecule has 0 saturated heterocycles. The summed E-state index contributed by atoms with van der Waals surface area (Å²) in [6.07, 6.45) is 0. The second-order valence-electron chi connectivity index (χ2n) is 0.247. The molecule has 0 heterocycles. The van der Waals surface area contributed by atoms with E-state index < -0.39 is 11.4 Å². The fourth-order valence-corrected chi connectivity index (χ4v) is 0. The van der Waals surface area contributed by atoms with Crippen LogP contribution in [0, 0.1) is 0 Å². The van der Waals surface area contributed by atoms with Gasteiger partial charge in [-0.2, -0.15) is 0 Å². The first-order valence-electron chi connectivity index (χ1n) is 0.655. The summed E-state index contributed by atoms with van der Waals surface area (Å²) < 4.78 is 0. The van der Waals surface area contributed by atoms with Crippen molar-refractivity contribution in [2.75, 3.05) is 0 Å². The zero-order valence-electron chi connectivity index (χ0n) is 3.09.